The molecule has 0 atom stereocenters. The second-order valence-electron chi connectivity index (χ2n) is 14.5. The van der Waals surface area contributed by atoms with Crippen LogP contribution in [0.15, 0.2) is 0 Å². The number of unbranched alkanes of at least 4 members (excludes halogenated alkanes) is 28. The van der Waals surface area contributed by atoms with Crippen LogP contribution in [-0.4, -0.2) is 52.2 Å². The molecule has 0 aliphatic carbocycles. The van der Waals surface area contributed by atoms with Crippen molar-refractivity contribution in [1.29, 1.82) is 0 Å². The largest absolute Gasteiger partial charge is 0.381 e. The molecule has 0 amide bonds. The van der Waals surface area contributed by atoms with Crippen LogP contribution in [-0.2, 0) is 23.7 Å². The molecular formula is C44H90O5. The molecule has 0 aliphatic rings. The smallest absolute Gasteiger partial charge is 0.157 e. The molecule has 49 heavy (non-hydrogen) atoms. The van der Waals surface area contributed by atoms with Crippen LogP contribution in [0.1, 0.15) is 233 Å². The number of hydrogen-bond donors (Lipinski definition) is 0. The van der Waals surface area contributed by atoms with Gasteiger partial charge in [-0.05, 0) is 66.2 Å². The van der Waals surface area contributed by atoms with E-state index in [-0.39, 0.29) is 12.6 Å². The van der Waals surface area contributed by atoms with Crippen LogP contribution in [0.4, 0.5) is 0 Å². The Balaban J connectivity index is 3.14. The van der Waals surface area contributed by atoms with Gasteiger partial charge in [0.15, 0.2) is 12.6 Å². The Morgan fingerprint density at radius 2 is 0.429 bits per heavy atom. The van der Waals surface area contributed by atoms with E-state index < -0.39 is 0 Å². The lowest BCUT2D eigenvalue weighted by Crippen LogP contribution is -2.17. The van der Waals surface area contributed by atoms with Gasteiger partial charge in [-0.1, -0.05) is 167 Å². The third-order valence-electron chi connectivity index (χ3n) is 9.87. The minimum atomic E-state index is 0.0171. The third kappa shape index (κ3) is 40.4. The average Bonchev–Trinajstić information content (AvgIpc) is 3.10. The van der Waals surface area contributed by atoms with Crippen LogP contribution in [0.3, 0.4) is 0 Å². The van der Waals surface area contributed by atoms with Crippen LogP contribution < -0.4 is 0 Å². The number of rotatable bonds is 44. The van der Waals surface area contributed by atoms with Crippen molar-refractivity contribution >= 4 is 0 Å². The van der Waals surface area contributed by atoms with Crippen molar-refractivity contribution in [2.24, 2.45) is 0 Å². The van der Waals surface area contributed by atoms with E-state index in [4.69, 9.17) is 23.7 Å². The number of hydrogen-bond acceptors (Lipinski definition) is 5. The van der Waals surface area contributed by atoms with Crippen LogP contribution in [0.5, 0.6) is 0 Å². The van der Waals surface area contributed by atoms with Gasteiger partial charge in [-0.2, -0.15) is 0 Å². The summed E-state index contributed by atoms with van der Waals surface area (Å²) >= 11 is 0. The Kier molecular flexibility index (Phi) is 43.8. The molecule has 0 heterocycles. The summed E-state index contributed by atoms with van der Waals surface area (Å²) in [5, 5.41) is 0. The van der Waals surface area contributed by atoms with Crippen molar-refractivity contribution in [2.75, 3.05) is 39.6 Å². The summed E-state index contributed by atoms with van der Waals surface area (Å²) in [5.74, 6) is 0. The molecule has 0 saturated carbocycles. The lowest BCUT2D eigenvalue weighted by Gasteiger charge is -2.16. The van der Waals surface area contributed by atoms with E-state index in [0.717, 1.165) is 52.5 Å². The highest BCUT2D eigenvalue weighted by atomic mass is 16.7. The molecule has 0 unspecified atom stereocenters. The average molecular weight is 699 g/mol. The van der Waals surface area contributed by atoms with Gasteiger partial charge < -0.3 is 23.7 Å². The molecule has 0 aromatic rings. The fraction of sp³-hybridized carbons (Fsp3) is 1.00. The van der Waals surface area contributed by atoms with Gasteiger partial charge in [0, 0.05) is 39.6 Å². The monoisotopic (exact) mass is 699 g/mol. The van der Waals surface area contributed by atoms with Crippen molar-refractivity contribution < 1.29 is 23.7 Å². The molecule has 0 bridgehead atoms. The summed E-state index contributed by atoms with van der Waals surface area (Å²) in [6.07, 6.45) is 43.6. The lowest BCUT2D eigenvalue weighted by atomic mass is 10.0. The molecule has 0 radical (unpaired) electrons. The van der Waals surface area contributed by atoms with Crippen LogP contribution in [0.2, 0.25) is 0 Å². The molecule has 0 rings (SSSR count). The predicted octanol–water partition coefficient (Wildman–Crippen LogP) is 14.3. The predicted molar refractivity (Wildman–Crippen MR) is 213 cm³/mol. The molecule has 0 aromatic carbocycles. The molecule has 0 aromatic heterocycles. The molecule has 0 saturated heterocycles. The SMILES string of the molecule is CCOC(CCCCCCCCCCCCCCCCCOCCCCCCCCCCCCCCCCCC(OCC)OCC)OCC. The maximum Gasteiger partial charge on any atom is 0.157 e. The minimum absolute atomic E-state index is 0.0171. The van der Waals surface area contributed by atoms with E-state index in [1.165, 1.54) is 193 Å². The lowest BCUT2D eigenvalue weighted by molar-refractivity contribution is -0.140. The van der Waals surface area contributed by atoms with Crippen molar-refractivity contribution in [3.8, 4) is 0 Å². The van der Waals surface area contributed by atoms with E-state index in [9.17, 15) is 0 Å². The van der Waals surface area contributed by atoms with Gasteiger partial charge in [0.2, 0.25) is 0 Å². The zero-order valence-electron chi connectivity index (χ0n) is 34.1. The highest BCUT2D eigenvalue weighted by molar-refractivity contribution is 4.54. The first kappa shape index (κ1) is 48.8. The summed E-state index contributed by atoms with van der Waals surface area (Å²) in [4.78, 5) is 0. The molecule has 0 N–H and O–H groups in total. The quantitative estimate of drug-likeness (QED) is 0.0468. The van der Waals surface area contributed by atoms with E-state index in [1.807, 2.05) is 27.7 Å². The summed E-state index contributed by atoms with van der Waals surface area (Å²) < 4.78 is 28.4. The summed E-state index contributed by atoms with van der Waals surface area (Å²) in [6.45, 7) is 13.1. The zero-order chi connectivity index (χ0) is 35.6. The topological polar surface area (TPSA) is 46.2 Å². The highest BCUT2D eigenvalue weighted by Crippen LogP contribution is 2.17. The van der Waals surface area contributed by atoms with Crippen molar-refractivity contribution in [2.45, 2.75) is 246 Å². The molecular weight excluding hydrogens is 608 g/mol. The molecule has 296 valence electrons. The van der Waals surface area contributed by atoms with E-state index in [1.54, 1.807) is 0 Å². The zero-order valence-corrected chi connectivity index (χ0v) is 34.1. The van der Waals surface area contributed by atoms with Crippen molar-refractivity contribution in [3.63, 3.8) is 0 Å². The first-order chi connectivity index (χ1) is 24.3. The van der Waals surface area contributed by atoms with E-state index >= 15 is 0 Å². The maximum absolute atomic E-state index is 5.91. The summed E-state index contributed by atoms with van der Waals surface area (Å²) in [6, 6.07) is 0. The van der Waals surface area contributed by atoms with Gasteiger partial charge >= 0.3 is 0 Å². The van der Waals surface area contributed by atoms with Gasteiger partial charge in [0.1, 0.15) is 0 Å². The highest BCUT2D eigenvalue weighted by Gasteiger charge is 2.08. The third-order valence-corrected chi connectivity index (χ3v) is 9.87. The molecule has 0 aliphatic heterocycles. The Morgan fingerprint density at radius 3 is 0.633 bits per heavy atom. The minimum Gasteiger partial charge on any atom is -0.381 e. The number of ether oxygens (including phenoxy) is 5. The second-order valence-corrected chi connectivity index (χ2v) is 14.5. The Labute approximate surface area is 308 Å². The van der Waals surface area contributed by atoms with Gasteiger partial charge in [0.25, 0.3) is 0 Å². The van der Waals surface area contributed by atoms with Crippen LogP contribution in [0.25, 0.3) is 0 Å². The van der Waals surface area contributed by atoms with Crippen molar-refractivity contribution in [3.05, 3.63) is 0 Å². The van der Waals surface area contributed by atoms with Gasteiger partial charge in [-0.25, -0.2) is 0 Å². The molecule has 0 spiro atoms. The fourth-order valence-electron chi connectivity index (χ4n) is 6.90. The fourth-order valence-corrected chi connectivity index (χ4v) is 6.90. The van der Waals surface area contributed by atoms with Crippen molar-refractivity contribution in [1.82, 2.24) is 0 Å². The van der Waals surface area contributed by atoms with Gasteiger partial charge in [-0.15, -0.1) is 0 Å². The first-order valence-electron chi connectivity index (χ1n) is 22.3. The molecule has 0 fully saturated rings. The Bertz CT molecular complexity index is 514. The van der Waals surface area contributed by atoms with Gasteiger partial charge in [-0.3, -0.25) is 0 Å². The van der Waals surface area contributed by atoms with E-state index in [0.29, 0.717) is 0 Å². The van der Waals surface area contributed by atoms with Crippen LogP contribution >= 0.6 is 0 Å². The Morgan fingerprint density at radius 1 is 0.245 bits per heavy atom. The standard InChI is InChI=1S/C44H90O5/c1-5-46-43(47-6-2)39-35-31-27-23-19-15-11-9-13-17-21-25-29-33-37-41-45-42-38-34-30-26-22-18-14-10-12-16-20-24-28-32-36-40-44(48-7-3)49-8-4/h43-44H,5-42H2,1-4H3. The summed E-state index contributed by atoms with van der Waals surface area (Å²) in [5.41, 5.74) is 0. The normalized spacial score (nSPS) is 11.9. The van der Waals surface area contributed by atoms with Crippen LogP contribution in [0, 0.1) is 0 Å². The molecule has 5 nitrogen and oxygen atoms in total. The van der Waals surface area contributed by atoms with E-state index in [2.05, 4.69) is 0 Å². The van der Waals surface area contributed by atoms with Gasteiger partial charge in [0.05, 0.1) is 0 Å². The first-order valence-corrected chi connectivity index (χ1v) is 22.3. The summed E-state index contributed by atoms with van der Waals surface area (Å²) in [7, 11) is 0. The maximum atomic E-state index is 5.91. The Hall–Kier alpha value is -0.200. The second kappa shape index (κ2) is 44.0. The molecule has 5 heteroatoms.